The van der Waals surface area contributed by atoms with Crippen LogP contribution in [0.3, 0.4) is 0 Å². The van der Waals surface area contributed by atoms with E-state index >= 15 is 0 Å². The molecule has 2 aliphatic rings. The molecule has 1 aromatic rings. The summed E-state index contributed by atoms with van der Waals surface area (Å²) in [6.45, 7) is 4.53. The van der Waals surface area contributed by atoms with E-state index in [4.69, 9.17) is 4.98 Å². The second-order valence-corrected chi connectivity index (χ2v) is 6.92. The maximum absolute atomic E-state index is 4.80. The minimum atomic E-state index is 0.719. The summed E-state index contributed by atoms with van der Waals surface area (Å²) in [7, 11) is 0. The number of fused-ring (bicyclic) bond motifs is 1. The van der Waals surface area contributed by atoms with Gasteiger partial charge in [0, 0.05) is 17.8 Å². The zero-order chi connectivity index (χ0) is 14.5. The molecule has 0 radical (unpaired) electrons. The van der Waals surface area contributed by atoms with Crippen LogP contribution in [0, 0.1) is 11.8 Å². The quantitative estimate of drug-likeness (QED) is 0.834. The number of nitrogens with zero attached hydrogens (tertiary/aromatic N) is 1. The summed E-state index contributed by atoms with van der Waals surface area (Å²) in [5, 5.41) is 3.62. The lowest BCUT2D eigenvalue weighted by Crippen LogP contribution is -2.32. The molecular formula is C19H30N2. The molecule has 1 fully saturated rings. The lowest BCUT2D eigenvalue weighted by atomic mass is 9.71. The van der Waals surface area contributed by atoms with Gasteiger partial charge in [0.25, 0.3) is 0 Å². The molecule has 2 nitrogen and oxygen atoms in total. The molecule has 0 bridgehead atoms. The van der Waals surface area contributed by atoms with E-state index < -0.39 is 0 Å². The van der Waals surface area contributed by atoms with Gasteiger partial charge in [-0.3, -0.25) is 4.98 Å². The van der Waals surface area contributed by atoms with Gasteiger partial charge in [0.2, 0.25) is 0 Å². The highest BCUT2D eigenvalue weighted by Crippen LogP contribution is 2.43. The summed E-state index contributed by atoms with van der Waals surface area (Å²) in [5.41, 5.74) is 2.97. The van der Waals surface area contributed by atoms with Gasteiger partial charge in [-0.25, -0.2) is 0 Å². The molecule has 1 N–H and O–H groups in total. The third-order valence-corrected chi connectivity index (χ3v) is 5.63. The van der Waals surface area contributed by atoms with E-state index in [0.29, 0.717) is 0 Å². The van der Waals surface area contributed by atoms with Gasteiger partial charge in [-0.15, -0.1) is 0 Å². The molecule has 0 spiro atoms. The van der Waals surface area contributed by atoms with Crippen molar-refractivity contribution < 1.29 is 0 Å². The van der Waals surface area contributed by atoms with Crippen molar-refractivity contribution in [2.75, 3.05) is 13.1 Å². The minimum Gasteiger partial charge on any atom is -0.317 e. The first kappa shape index (κ1) is 15.0. The molecular weight excluding hydrogens is 256 g/mol. The largest absolute Gasteiger partial charge is 0.317 e. The predicted octanol–water partition coefficient (Wildman–Crippen LogP) is 4.31. The first-order valence-corrected chi connectivity index (χ1v) is 9.04. The van der Waals surface area contributed by atoms with Gasteiger partial charge in [0.1, 0.15) is 0 Å². The molecule has 1 saturated carbocycles. The van der Waals surface area contributed by atoms with Crippen LogP contribution in [0.25, 0.3) is 0 Å². The van der Waals surface area contributed by atoms with Gasteiger partial charge in [-0.1, -0.05) is 32.3 Å². The van der Waals surface area contributed by atoms with Crippen LogP contribution >= 0.6 is 0 Å². The fraction of sp³-hybridized carbons (Fsp3) is 0.737. The second kappa shape index (κ2) is 7.40. The van der Waals surface area contributed by atoms with Gasteiger partial charge < -0.3 is 5.32 Å². The van der Waals surface area contributed by atoms with Crippen LogP contribution in [0.5, 0.6) is 0 Å². The monoisotopic (exact) mass is 286 g/mol. The SMILES string of the molecule is CCNCC1CCCCCC1C1CCCc2cccnc21. The first-order valence-electron chi connectivity index (χ1n) is 9.04. The van der Waals surface area contributed by atoms with Crippen LogP contribution < -0.4 is 5.32 Å². The molecule has 2 aliphatic carbocycles. The van der Waals surface area contributed by atoms with Crippen LogP contribution in [0.1, 0.15) is 69.0 Å². The van der Waals surface area contributed by atoms with Gasteiger partial charge >= 0.3 is 0 Å². The van der Waals surface area contributed by atoms with Gasteiger partial charge in [-0.05, 0) is 68.7 Å². The zero-order valence-corrected chi connectivity index (χ0v) is 13.5. The molecule has 3 atom stereocenters. The summed E-state index contributed by atoms with van der Waals surface area (Å²) in [6.07, 6.45) is 13.1. The Morgan fingerprint density at radius 1 is 1.14 bits per heavy atom. The summed E-state index contributed by atoms with van der Waals surface area (Å²) in [6, 6.07) is 4.43. The topological polar surface area (TPSA) is 24.9 Å². The Labute approximate surface area is 129 Å². The van der Waals surface area contributed by atoms with Crippen LogP contribution in [-0.2, 0) is 6.42 Å². The first-order chi connectivity index (χ1) is 10.4. The molecule has 3 unspecified atom stereocenters. The van der Waals surface area contributed by atoms with Crippen molar-refractivity contribution in [3.63, 3.8) is 0 Å². The number of pyridine rings is 1. The van der Waals surface area contributed by atoms with Crippen molar-refractivity contribution in [1.82, 2.24) is 10.3 Å². The average molecular weight is 286 g/mol. The number of rotatable bonds is 4. The van der Waals surface area contributed by atoms with Crippen molar-refractivity contribution in [3.05, 3.63) is 29.6 Å². The van der Waals surface area contributed by atoms with Crippen LogP contribution in [0.2, 0.25) is 0 Å². The third-order valence-electron chi connectivity index (χ3n) is 5.63. The van der Waals surface area contributed by atoms with E-state index in [1.165, 1.54) is 69.2 Å². The van der Waals surface area contributed by atoms with Crippen molar-refractivity contribution in [2.45, 2.75) is 64.2 Å². The summed E-state index contributed by atoms with van der Waals surface area (Å²) < 4.78 is 0. The predicted molar refractivity (Wildman–Crippen MR) is 88.5 cm³/mol. The molecule has 21 heavy (non-hydrogen) atoms. The number of hydrogen-bond acceptors (Lipinski definition) is 2. The molecule has 0 aromatic carbocycles. The van der Waals surface area contributed by atoms with Crippen molar-refractivity contribution >= 4 is 0 Å². The molecule has 116 valence electrons. The van der Waals surface area contributed by atoms with E-state index in [0.717, 1.165) is 24.3 Å². The fourth-order valence-electron chi connectivity index (χ4n) is 4.59. The highest BCUT2D eigenvalue weighted by atomic mass is 14.8. The number of hydrogen-bond donors (Lipinski definition) is 1. The highest BCUT2D eigenvalue weighted by molar-refractivity contribution is 5.26. The standard InChI is InChI=1S/C19H30N2/c1-2-20-14-16-8-4-3-5-11-17(16)18-12-6-9-15-10-7-13-21-19(15)18/h7,10,13,16-18,20H,2-6,8-9,11-12,14H2,1H3. The molecule has 1 heterocycles. The average Bonchev–Trinajstić information content (AvgIpc) is 2.77. The Kier molecular flexibility index (Phi) is 5.29. The maximum Gasteiger partial charge on any atom is 0.0469 e. The Bertz CT molecular complexity index is 443. The number of nitrogens with one attached hydrogen (secondary N) is 1. The number of aryl methyl sites for hydroxylation is 1. The summed E-state index contributed by atoms with van der Waals surface area (Å²) in [5.74, 6) is 2.42. The van der Waals surface area contributed by atoms with Gasteiger partial charge in [-0.2, -0.15) is 0 Å². The van der Waals surface area contributed by atoms with E-state index in [2.05, 4.69) is 24.4 Å². The van der Waals surface area contributed by atoms with E-state index in [1.807, 2.05) is 6.20 Å². The van der Waals surface area contributed by atoms with Crippen LogP contribution in [0.4, 0.5) is 0 Å². The van der Waals surface area contributed by atoms with Gasteiger partial charge in [0.05, 0.1) is 0 Å². The molecule has 2 heteroatoms. The molecule has 0 amide bonds. The van der Waals surface area contributed by atoms with Crippen molar-refractivity contribution in [1.29, 1.82) is 0 Å². The molecule has 0 aliphatic heterocycles. The van der Waals surface area contributed by atoms with Gasteiger partial charge in [0.15, 0.2) is 0 Å². The third kappa shape index (κ3) is 3.48. The normalized spacial score (nSPS) is 29.7. The van der Waals surface area contributed by atoms with E-state index in [9.17, 15) is 0 Å². The Morgan fingerprint density at radius 3 is 2.95 bits per heavy atom. The van der Waals surface area contributed by atoms with Crippen molar-refractivity contribution in [3.8, 4) is 0 Å². The smallest absolute Gasteiger partial charge is 0.0469 e. The Morgan fingerprint density at radius 2 is 2.05 bits per heavy atom. The van der Waals surface area contributed by atoms with Crippen LogP contribution in [0.15, 0.2) is 18.3 Å². The lowest BCUT2D eigenvalue weighted by molar-refractivity contribution is 0.236. The lowest BCUT2D eigenvalue weighted by Gasteiger charge is -2.36. The second-order valence-electron chi connectivity index (χ2n) is 6.92. The molecule has 1 aromatic heterocycles. The van der Waals surface area contributed by atoms with Crippen molar-refractivity contribution in [2.24, 2.45) is 11.8 Å². The molecule has 0 saturated heterocycles. The highest BCUT2D eigenvalue weighted by Gasteiger charge is 2.34. The Hall–Kier alpha value is -0.890. The Balaban J connectivity index is 1.82. The molecule has 3 rings (SSSR count). The zero-order valence-electron chi connectivity index (χ0n) is 13.5. The number of aromatic nitrogens is 1. The summed E-state index contributed by atoms with van der Waals surface area (Å²) in [4.78, 5) is 4.80. The maximum atomic E-state index is 4.80. The fourth-order valence-corrected chi connectivity index (χ4v) is 4.59. The summed E-state index contributed by atoms with van der Waals surface area (Å²) >= 11 is 0. The minimum absolute atomic E-state index is 0.719. The van der Waals surface area contributed by atoms with E-state index in [-0.39, 0.29) is 0 Å². The van der Waals surface area contributed by atoms with E-state index in [1.54, 1.807) is 0 Å². The van der Waals surface area contributed by atoms with Crippen LogP contribution in [-0.4, -0.2) is 18.1 Å².